The van der Waals surface area contributed by atoms with Crippen LogP contribution in [-0.2, 0) is 6.54 Å². The van der Waals surface area contributed by atoms with Gasteiger partial charge in [-0.1, -0.05) is 84.0 Å². The molecule has 0 unspecified atom stereocenters. The summed E-state index contributed by atoms with van der Waals surface area (Å²) in [7, 11) is 4.71. The SMILES string of the molecule is C[N+](C)(CCCN1c2ccccc2Sc2ccc(Cl)cc21)Cc1cc2ccccc2c2ccccc12.[Br-]. The van der Waals surface area contributed by atoms with Gasteiger partial charge in [-0.3, -0.25) is 0 Å². The van der Waals surface area contributed by atoms with E-state index in [2.05, 4.69) is 110 Å². The van der Waals surface area contributed by atoms with Gasteiger partial charge in [0.1, 0.15) is 6.54 Å². The number of para-hydroxylation sites is 1. The molecule has 1 heterocycles. The number of benzene rings is 5. The topological polar surface area (TPSA) is 3.24 Å². The van der Waals surface area contributed by atoms with Crippen LogP contribution in [0.2, 0.25) is 5.02 Å². The Bertz CT molecular complexity index is 1580. The molecule has 2 nitrogen and oxygen atoms in total. The van der Waals surface area contributed by atoms with Gasteiger partial charge in [0, 0.05) is 33.3 Å². The van der Waals surface area contributed by atoms with Gasteiger partial charge >= 0.3 is 0 Å². The van der Waals surface area contributed by atoms with E-state index in [0.29, 0.717) is 0 Å². The Morgan fingerprint density at radius 3 is 2.24 bits per heavy atom. The first-order chi connectivity index (χ1) is 17.5. The number of fused-ring (bicyclic) bond motifs is 5. The summed E-state index contributed by atoms with van der Waals surface area (Å²) in [5, 5.41) is 6.16. The fourth-order valence-electron chi connectivity index (χ4n) is 5.50. The Morgan fingerprint density at radius 2 is 1.41 bits per heavy atom. The van der Waals surface area contributed by atoms with Gasteiger partial charge in [-0.05, 0) is 57.9 Å². The van der Waals surface area contributed by atoms with Gasteiger partial charge in [-0.15, -0.1) is 0 Å². The van der Waals surface area contributed by atoms with E-state index in [-0.39, 0.29) is 17.0 Å². The standard InChI is InChI=1S/C32H30ClN2S.BrH/c1-35(2,22-24-20-23-10-3-4-11-26(23)28-13-6-5-12-27(24)28)19-9-18-34-29-14-7-8-15-31(29)36-32-17-16-25(33)21-30(32)34;/h3-8,10-17,20-21H,9,18-19,22H2,1-2H3;1H/q+1;/p-1. The van der Waals surface area contributed by atoms with Crippen molar-refractivity contribution < 1.29 is 21.5 Å². The molecule has 188 valence electrons. The quantitative estimate of drug-likeness (QED) is 0.179. The maximum absolute atomic E-state index is 6.42. The molecular formula is C32H30BrClN2S. The highest BCUT2D eigenvalue weighted by atomic mass is 79.9. The zero-order chi connectivity index (χ0) is 24.7. The summed E-state index contributed by atoms with van der Waals surface area (Å²) in [5.41, 5.74) is 3.92. The van der Waals surface area contributed by atoms with Crippen LogP contribution in [0.1, 0.15) is 12.0 Å². The average molecular weight is 590 g/mol. The van der Waals surface area contributed by atoms with Gasteiger partial charge in [-0.2, -0.15) is 0 Å². The third-order valence-corrected chi connectivity index (χ3v) is 8.55. The second-order valence-corrected chi connectivity index (χ2v) is 11.8. The molecule has 5 heteroatoms. The van der Waals surface area contributed by atoms with Crippen LogP contribution in [0.15, 0.2) is 107 Å². The van der Waals surface area contributed by atoms with Crippen LogP contribution in [0, 0.1) is 0 Å². The molecule has 1 aliphatic heterocycles. The van der Waals surface area contributed by atoms with Gasteiger partial charge in [0.2, 0.25) is 0 Å². The fraction of sp³-hybridized carbons (Fsp3) is 0.188. The molecule has 0 saturated carbocycles. The number of quaternary nitrogens is 1. The van der Waals surface area contributed by atoms with Gasteiger partial charge in [0.05, 0.1) is 32.0 Å². The highest BCUT2D eigenvalue weighted by Crippen LogP contribution is 2.48. The summed E-state index contributed by atoms with van der Waals surface area (Å²) >= 11 is 8.25. The van der Waals surface area contributed by atoms with E-state index < -0.39 is 0 Å². The number of rotatable bonds is 6. The third-order valence-electron chi connectivity index (χ3n) is 7.18. The minimum absolute atomic E-state index is 0. The predicted molar refractivity (Wildman–Crippen MR) is 156 cm³/mol. The van der Waals surface area contributed by atoms with E-state index in [0.717, 1.165) is 35.6 Å². The first-order valence-corrected chi connectivity index (χ1v) is 13.7. The molecule has 0 bridgehead atoms. The van der Waals surface area contributed by atoms with E-state index in [9.17, 15) is 0 Å². The first kappa shape index (κ1) is 26.1. The van der Waals surface area contributed by atoms with Crippen molar-refractivity contribution in [2.24, 2.45) is 0 Å². The van der Waals surface area contributed by atoms with E-state index >= 15 is 0 Å². The number of hydrogen-bond acceptors (Lipinski definition) is 2. The second-order valence-electron chi connectivity index (χ2n) is 10.3. The van der Waals surface area contributed by atoms with Crippen molar-refractivity contribution in [3.05, 3.63) is 108 Å². The molecule has 0 radical (unpaired) electrons. The molecule has 6 rings (SSSR count). The van der Waals surface area contributed by atoms with Gasteiger partial charge in [0.15, 0.2) is 0 Å². The summed E-state index contributed by atoms with van der Waals surface area (Å²) in [6, 6.07) is 35.0. The van der Waals surface area contributed by atoms with Crippen molar-refractivity contribution in [2.45, 2.75) is 22.8 Å². The minimum atomic E-state index is 0. The third kappa shape index (κ3) is 5.26. The van der Waals surface area contributed by atoms with Crippen LogP contribution in [-0.4, -0.2) is 31.7 Å². The monoisotopic (exact) mass is 588 g/mol. The van der Waals surface area contributed by atoms with Gasteiger partial charge in [0.25, 0.3) is 0 Å². The molecule has 5 aromatic carbocycles. The zero-order valence-corrected chi connectivity index (χ0v) is 24.3. The lowest BCUT2D eigenvalue weighted by Gasteiger charge is -2.35. The Balaban J connectivity index is 0.00000280. The lowest BCUT2D eigenvalue weighted by molar-refractivity contribution is -0.903. The summed E-state index contributed by atoms with van der Waals surface area (Å²) < 4.78 is 0.939. The molecule has 0 N–H and O–H groups in total. The van der Waals surface area contributed by atoms with Gasteiger partial charge < -0.3 is 26.4 Å². The van der Waals surface area contributed by atoms with E-state index in [1.54, 1.807) is 0 Å². The summed E-state index contributed by atoms with van der Waals surface area (Å²) in [6.07, 6.45) is 1.09. The molecule has 0 fully saturated rings. The maximum Gasteiger partial charge on any atom is 0.105 e. The molecule has 5 aromatic rings. The molecule has 1 aliphatic rings. The molecular weight excluding hydrogens is 560 g/mol. The average Bonchev–Trinajstić information content (AvgIpc) is 2.88. The van der Waals surface area contributed by atoms with Crippen molar-refractivity contribution in [1.29, 1.82) is 0 Å². The van der Waals surface area contributed by atoms with Crippen LogP contribution in [0.5, 0.6) is 0 Å². The Hall–Kier alpha value is -2.50. The highest BCUT2D eigenvalue weighted by Gasteiger charge is 2.25. The van der Waals surface area contributed by atoms with Crippen molar-refractivity contribution in [3.63, 3.8) is 0 Å². The van der Waals surface area contributed by atoms with Crippen LogP contribution >= 0.6 is 23.4 Å². The normalized spacial score (nSPS) is 12.8. The van der Waals surface area contributed by atoms with Crippen LogP contribution in [0.4, 0.5) is 11.4 Å². The second kappa shape index (κ2) is 10.7. The summed E-state index contributed by atoms with van der Waals surface area (Å²) in [5.74, 6) is 0. The van der Waals surface area contributed by atoms with E-state index in [4.69, 9.17) is 11.6 Å². The lowest BCUT2D eigenvalue weighted by atomic mass is 9.96. The zero-order valence-electron chi connectivity index (χ0n) is 21.1. The van der Waals surface area contributed by atoms with Crippen LogP contribution < -0.4 is 21.9 Å². The molecule has 0 spiro atoms. The summed E-state index contributed by atoms with van der Waals surface area (Å²) in [4.78, 5) is 5.04. The fourth-order valence-corrected chi connectivity index (χ4v) is 6.75. The molecule has 0 aliphatic carbocycles. The van der Waals surface area contributed by atoms with Crippen molar-refractivity contribution >= 4 is 56.3 Å². The molecule has 0 aromatic heterocycles. The lowest BCUT2D eigenvalue weighted by Crippen LogP contribution is -3.00. The van der Waals surface area contributed by atoms with E-state index in [1.807, 2.05) is 17.8 Å². The molecule has 37 heavy (non-hydrogen) atoms. The first-order valence-electron chi connectivity index (χ1n) is 12.5. The van der Waals surface area contributed by atoms with Crippen molar-refractivity contribution in [3.8, 4) is 0 Å². The minimum Gasteiger partial charge on any atom is -1.00 e. The number of nitrogens with zero attached hydrogens (tertiary/aromatic N) is 2. The van der Waals surface area contributed by atoms with Crippen molar-refractivity contribution in [1.82, 2.24) is 0 Å². The van der Waals surface area contributed by atoms with Crippen molar-refractivity contribution in [2.75, 3.05) is 32.1 Å². The highest BCUT2D eigenvalue weighted by molar-refractivity contribution is 7.99. The van der Waals surface area contributed by atoms with E-state index in [1.165, 1.54) is 48.3 Å². The Labute approximate surface area is 239 Å². The number of anilines is 2. The van der Waals surface area contributed by atoms with Crippen LogP contribution in [0.3, 0.4) is 0 Å². The largest absolute Gasteiger partial charge is 1.00 e. The Morgan fingerprint density at radius 1 is 0.730 bits per heavy atom. The number of halogens is 2. The molecule has 0 saturated heterocycles. The van der Waals surface area contributed by atoms with Gasteiger partial charge in [-0.25, -0.2) is 0 Å². The molecule has 0 atom stereocenters. The number of hydrogen-bond donors (Lipinski definition) is 0. The summed E-state index contributed by atoms with van der Waals surface area (Å²) in [6.45, 7) is 3.05. The predicted octanol–water partition coefficient (Wildman–Crippen LogP) is 5.92. The maximum atomic E-state index is 6.42. The smallest absolute Gasteiger partial charge is 0.105 e. The Kier molecular flexibility index (Phi) is 7.56. The molecule has 0 amide bonds. The van der Waals surface area contributed by atoms with Crippen LogP contribution in [0.25, 0.3) is 21.5 Å².